The summed E-state index contributed by atoms with van der Waals surface area (Å²) in [5.41, 5.74) is 0.340. The molecule has 2 atom stereocenters. The van der Waals surface area contributed by atoms with Gasteiger partial charge in [-0.05, 0) is 53.6 Å². The Morgan fingerprint density at radius 1 is 1.29 bits per heavy atom. The van der Waals surface area contributed by atoms with Crippen molar-refractivity contribution in [2.45, 2.75) is 56.7 Å². The van der Waals surface area contributed by atoms with E-state index in [4.69, 9.17) is 4.74 Å². The highest BCUT2D eigenvalue weighted by atomic mass is 79.9. The minimum atomic E-state index is -0.745. The van der Waals surface area contributed by atoms with Crippen molar-refractivity contribution in [3.05, 3.63) is 34.1 Å². The summed E-state index contributed by atoms with van der Waals surface area (Å²) < 4.78 is 20.7. The highest BCUT2D eigenvalue weighted by Gasteiger charge is 2.41. The quantitative estimate of drug-likeness (QED) is 0.828. The number of rotatable bonds is 2. The molecule has 1 N–H and O–H groups in total. The topological polar surface area (TPSA) is 29.5 Å². The third kappa shape index (κ3) is 3.17. The van der Waals surface area contributed by atoms with E-state index in [9.17, 15) is 9.50 Å². The van der Waals surface area contributed by atoms with E-state index < -0.39 is 6.10 Å². The molecule has 0 radical (unpaired) electrons. The second-order valence-electron chi connectivity index (χ2n) is 6.43. The summed E-state index contributed by atoms with van der Waals surface area (Å²) in [5, 5.41) is 10.6. The van der Waals surface area contributed by atoms with Crippen LogP contribution < -0.4 is 0 Å². The molecule has 2 unspecified atom stereocenters. The summed E-state index contributed by atoms with van der Waals surface area (Å²) >= 11 is 3.20. The molecule has 2 fully saturated rings. The lowest BCUT2D eigenvalue weighted by Gasteiger charge is -2.44. The van der Waals surface area contributed by atoms with Crippen LogP contribution in [0.2, 0.25) is 0 Å². The second-order valence-corrected chi connectivity index (χ2v) is 7.29. The van der Waals surface area contributed by atoms with Gasteiger partial charge in [-0.2, -0.15) is 0 Å². The van der Waals surface area contributed by atoms with Crippen molar-refractivity contribution in [1.82, 2.24) is 0 Å². The Labute approximate surface area is 133 Å². The van der Waals surface area contributed by atoms with Gasteiger partial charge in [-0.3, -0.25) is 0 Å². The number of ether oxygens (including phenoxy) is 1. The molecule has 0 amide bonds. The third-order valence-electron chi connectivity index (χ3n) is 5.04. The summed E-state index contributed by atoms with van der Waals surface area (Å²) in [7, 11) is 0. The minimum Gasteiger partial charge on any atom is -0.388 e. The van der Waals surface area contributed by atoms with Crippen molar-refractivity contribution >= 4 is 15.9 Å². The zero-order valence-electron chi connectivity index (χ0n) is 12.2. The van der Waals surface area contributed by atoms with Crippen LogP contribution in [0.5, 0.6) is 0 Å². The van der Waals surface area contributed by atoms with Crippen LogP contribution in [0.1, 0.15) is 56.6 Å². The van der Waals surface area contributed by atoms with Gasteiger partial charge in [0.05, 0.1) is 16.2 Å². The number of aliphatic hydroxyl groups excluding tert-OH is 1. The molecular formula is C17H22BrFO2. The van der Waals surface area contributed by atoms with Crippen LogP contribution in [0.15, 0.2) is 22.7 Å². The monoisotopic (exact) mass is 356 g/mol. The summed E-state index contributed by atoms with van der Waals surface area (Å²) in [6.07, 6.45) is 6.74. The number of halogens is 2. The van der Waals surface area contributed by atoms with E-state index in [-0.39, 0.29) is 17.3 Å². The molecule has 2 aliphatic rings. The van der Waals surface area contributed by atoms with Gasteiger partial charge in [0.1, 0.15) is 5.82 Å². The Bertz CT molecular complexity index is 494. The standard InChI is InChI=1S/C17H22BrFO2/c18-14-6-4-5-13(15(14)19)16(20)12-7-10-21-17(11-12)8-2-1-3-9-17/h4-6,12,16,20H,1-3,7-11H2. The van der Waals surface area contributed by atoms with Crippen LogP contribution in [-0.2, 0) is 4.74 Å². The molecule has 3 rings (SSSR count). The van der Waals surface area contributed by atoms with Gasteiger partial charge < -0.3 is 9.84 Å². The van der Waals surface area contributed by atoms with Gasteiger partial charge >= 0.3 is 0 Å². The molecule has 0 aromatic heterocycles. The Balaban J connectivity index is 1.78. The van der Waals surface area contributed by atoms with Crippen molar-refractivity contribution in [3.8, 4) is 0 Å². The van der Waals surface area contributed by atoms with Crippen LogP contribution in [0, 0.1) is 11.7 Å². The SMILES string of the molecule is OC(c1cccc(Br)c1F)C1CCOC2(CCCCC2)C1. The smallest absolute Gasteiger partial charge is 0.143 e. The van der Waals surface area contributed by atoms with Crippen molar-refractivity contribution in [3.63, 3.8) is 0 Å². The van der Waals surface area contributed by atoms with Gasteiger partial charge in [-0.25, -0.2) is 4.39 Å². The molecule has 1 saturated carbocycles. The molecular weight excluding hydrogens is 335 g/mol. The Morgan fingerprint density at radius 2 is 2.05 bits per heavy atom. The maximum Gasteiger partial charge on any atom is 0.143 e. The molecule has 1 aromatic carbocycles. The van der Waals surface area contributed by atoms with E-state index in [0.29, 0.717) is 16.6 Å². The summed E-state index contributed by atoms with van der Waals surface area (Å²) in [5.74, 6) is -0.255. The molecule has 1 saturated heterocycles. The average molecular weight is 357 g/mol. The fourth-order valence-electron chi connectivity index (χ4n) is 3.88. The molecule has 4 heteroatoms. The van der Waals surface area contributed by atoms with E-state index in [2.05, 4.69) is 15.9 Å². The number of hydrogen-bond donors (Lipinski definition) is 1. The number of benzene rings is 1. The minimum absolute atomic E-state index is 0.0648. The van der Waals surface area contributed by atoms with E-state index in [1.165, 1.54) is 19.3 Å². The normalized spacial score (nSPS) is 26.7. The van der Waals surface area contributed by atoms with Crippen LogP contribution in [-0.4, -0.2) is 17.3 Å². The van der Waals surface area contributed by atoms with Gasteiger partial charge in [0.15, 0.2) is 0 Å². The summed E-state index contributed by atoms with van der Waals surface area (Å²) in [4.78, 5) is 0. The van der Waals surface area contributed by atoms with E-state index in [0.717, 1.165) is 25.7 Å². The van der Waals surface area contributed by atoms with E-state index in [1.807, 2.05) is 0 Å². The first-order valence-electron chi connectivity index (χ1n) is 7.87. The van der Waals surface area contributed by atoms with Crippen molar-refractivity contribution in [1.29, 1.82) is 0 Å². The van der Waals surface area contributed by atoms with Crippen molar-refractivity contribution < 1.29 is 14.2 Å². The molecule has 1 aliphatic heterocycles. The fourth-order valence-corrected chi connectivity index (χ4v) is 4.26. The summed E-state index contributed by atoms with van der Waals surface area (Å²) in [6.45, 7) is 0.678. The molecule has 1 aliphatic carbocycles. The van der Waals surface area contributed by atoms with Gasteiger partial charge in [0.2, 0.25) is 0 Å². The highest BCUT2D eigenvalue weighted by molar-refractivity contribution is 9.10. The molecule has 0 bridgehead atoms. The second kappa shape index (κ2) is 6.35. The lowest BCUT2D eigenvalue weighted by atomic mass is 9.74. The number of aliphatic hydroxyl groups is 1. The molecule has 116 valence electrons. The predicted molar refractivity (Wildman–Crippen MR) is 83.6 cm³/mol. The molecule has 1 aromatic rings. The van der Waals surface area contributed by atoms with Gasteiger partial charge in [0.25, 0.3) is 0 Å². The first kappa shape index (κ1) is 15.4. The maximum absolute atomic E-state index is 14.2. The predicted octanol–water partition coefficient (Wildman–Crippen LogP) is 4.75. The van der Waals surface area contributed by atoms with E-state index in [1.54, 1.807) is 18.2 Å². The van der Waals surface area contributed by atoms with Gasteiger partial charge in [-0.1, -0.05) is 31.4 Å². The zero-order chi connectivity index (χ0) is 14.9. The van der Waals surface area contributed by atoms with E-state index >= 15 is 0 Å². The highest BCUT2D eigenvalue weighted by Crippen LogP contribution is 2.44. The Kier molecular flexibility index (Phi) is 4.67. The van der Waals surface area contributed by atoms with Crippen LogP contribution in [0.3, 0.4) is 0 Å². The van der Waals surface area contributed by atoms with Crippen LogP contribution >= 0.6 is 15.9 Å². The largest absolute Gasteiger partial charge is 0.388 e. The summed E-state index contributed by atoms with van der Waals surface area (Å²) in [6, 6.07) is 5.13. The van der Waals surface area contributed by atoms with Crippen molar-refractivity contribution in [2.24, 2.45) is 5.92 Å². The molecule has 1 heterocycles. The molecule has 21 heavy (non-hydrogen) atoms. The van der Waals surface area contributed by atoms with Gasteiger partial charge in [-0.15, -0.1) is 0 Å². The third-order valence-corrected chi connectivity index (χ3v) is 5.65. The Morgan fingerprint density at radius 3 is 2.81 bits per heavy atom. The number of hydrogen-bond acceptors (Lipinski definition) is 2. The maximum atomic E-state index is 14.2. The lowest BCUT2D eigenvalue weighted by molar-refractivity contribution is -0.134. The van der Waals surface area contributed by atoms with Crippen molar-refractivity contribution in [2.75, 3.05) is 6.61 Å². The molecule has 1 spiro atoms. The van der Waals surface area contributed by atoms with Gasteiger partial charge in [0, 0.05) is 12.2 Å². The first-order chi connectivity index (χ1) is 10.1. The first-order valence-corrected chi connectivity index (χ1v) is 8.67. The Hall–Kier alpha value is -0.450. The molecule has 2 nitrogen and oxygen atoms in total. The lowest BCUT2D eigenvalue weighted by Crippen LogP contribution is -2.42. The van der Waals surface area contributed by atoms with Crippen LogP contribution in [0.25, 0.3) is 0 Å². The zero-order valence-corrected chi connectivity index (χ0v) is 13.7. The average Bonchev–Trinajstić information content (AvgIpc) is 2.50. The van der Waals surface area contributed by atoms with Crippen LogP contribution in [0.4, 0.5) is 4.39 Å². The fraction of sp³-hybridized carbons (Fsp3) is 0.647.